The summed E-state index contributed by atoms with van der Waals surface area (Å²) in [6.45, 7) is 4.89. The lowest BCUT2D eigenvalue weighted by Gasteiger charge is -2.20. The number of hydrogen-bond acceptors (Lipinski definition) is 5. The van der Waals surface area contributed by atoms with Crippen molar-refractivity contribution in [2.45, 2.75) is 341 Å². The quantitative estimate of drug-likeness (QED) is 0.0321. The predicted octanol–water partition coefficient (Wildman–Crippen LogP) is 18.6. The third-order valence-electron chi connectivity index (χ3n) is 14.0. The lowest BCUT2D eigenvalue weighted by Crippen LogP contribution is -2.45. The molecule has 1 amide bonds. The van der Waals surface area contributed by atoms with Crippen LogP contribution in [0.2, 0.25) is 0 Å². The normalized spacial score (nSPS) is 12.7. The highest BCUT2D eigenvalue weighted by Crippen LogP contribution is 2.17. The highest BCUT2D eigenvalue weighted by Gasteiger charge is 2.18. The van der Waals surface area contributed by atoms with E-state index in [1.54, 1.807) is 6.08 Å². The lowest BCUT2D eigenvalue weighted by atomic mass is 10.0. The van der Waals surface area contributed by atoms with Crippen LogP contribution in [0.5, 0.6) is 0 Å². The fourth-order valence-electron chi connectivity index (χ4n) is 9.34. The van der Waals surface area contributed by atoms with Crippen molar-refractivity contribution in [1.82, 2.24) is 5.32 Å². The van der Waals surface area contributed by atoms with E-state index in [1.807, 2.05) is 6.08 Å². The maximum Gasteiger partial charge on any atom is 0.305 e. The molecule has 0 aromatic rings. The minimum atomic E-state index is -0.856. The van der Waals surface area contributed by atoms with E-state index in [9.17, 15) is 19.8 Å². The zero-order valence-electron chi connectivity index (χ0n) is 45.1. The number of esters is 1. The van der Waals surface area contributed by atoms with Crippen molar-refractivity contribution in [3.8, 4) is 0 Å². The molecule has 0 spiro atoms. The molecule has 6 heteroatoms. The molecule has 3 N–H and O–H groups in total. The summed E-state index contributed by atoms with van der Waals surface area (Å²) in [7, 11) is 0. The van der Waals surface area contributed by atoms with Gasteiger partial charge in [0.15, 0.2) is 0 Å². The third-order valence-corrected chi connectivity index (χ3v) is 14.0. The number of rotatable bonds is 56. The second-order valence-electron chi connectivity index (χ2n) is 20.7. The van der Waals surface area contributed by atoms with Gasteiger partial charge in [-0.25, -0.2) is 0 Å². The molecule has 0 aromatic carbocycles. The molecule has 0 aromatic heterocycles. The van der Waals surface area contributed by atoms with Crippen LogP contribution in [0, 0.1) is 0 Å². The first kappa shape index (κ1) is 65.3. The van der Waals surface area contributed by atoms with Gasteiger partial charge in [-0.2, -0.15) is 0 Å². The fourth-order valence-corrected chi connectivity index (χ4v) is 9.34. The molecule has 0 saturated heterocycles. The Morgan fingerprint density at radius 1 is 0.403 bits per heavy atom. The summed E-state index contributed by atoms with van der Waals surface area (Å²) in [4.78, 5) is 24.6. The number of allylic oxidation sites excluding steroid dienone is 3. The first-order valence-corrected chi connectivity index (χ1v) is 30.1. The number of carbonyl (C=O) groups is 2. The molecule has 0 heterocycles. The average molecular weight is 945 g/mol. The molecule has 0 saturated carbocycles. The lowest BCUT2D eigenvalue weighted by molar-refractivity contribution is -0.143. The van der Waals surface area contributed by atoms with Gasteiger partial charge in [0.05, 0.1) is 25.4 Å². The molecule has 2 atom stereocenters. The number of aliphatic hydroxyl groups excluding tert-OH is 2. The second-order valence-corrected chi connectivity index (χ2v) is 20.7. The predicted molar refractivity (Wildman–Crippen MR) is 292 cm³/mol. The summed E-state index contributed by atoms with van der Waals surface area (Å²) in [6, 6.07) is -0.640. The number of unbranched alkanes of at least 4 members (excludes halogenated alkanes) is 43. The number of nitrogens with one attached hydrogen (secondary N) is 1. The molecule has 0 aliphatic heterocycles. The molecule has 0 aliphatic carbocycles. The molecule has 6 nitrogen and oxygen atoms in total. The smallest absolute Gasteiger partial charge is 0.305 e. The Morgan fingerprint density at radius 3 is 1.06 bits per heavy atom. The highest BCUT2D eigenvalue weighted by molar-refractivity contribution is 5.76. The van der Waals surface area contributed by atoms with Crippen molar-refractivity contribution < 1.29 is 24.5 Å². The zero-order chi connectivity index (χ0) is 48.6. The largest absolute Gasteiger partial charge is 0.466 e. The number of amides is 1. The molecular weight excluding hydrogens is 827 g/mol. The molecule has 0 bridgehead atoms. The van der Waals surface area contributed by atoms with E-state index in [4.69, 9.17) is 4.74 Å². The van der Waals surface area contributed by atoms with Crippen LogP contribution in [0.3, 0.4) is 0 Å². The van der Waals surface area contributed by atoms with Gasteiger partial charge in [0.1, 0.15) is 0 Å². The number of carbonyl (C=O) groups excluding carboxylic acids is 2. The number of ether oxygens (including phenoxy) is 1. The average Bonchev–Trinajstić information content (AvgIpc) is 3.33. The van der Waals surface area contributed by atoms with E-state index in [-0.39, 0.29) is 18.5 Å². The molecule has 396 valence electrons. The fraction of sp³-hybridized carbons (Fsp3) is 0.902. The summed E-state index contributed by atoms with van der Waals surface area (Å²) in [6.07, 6.45) is 69.1. The van der Waals surface area contributed by atoms with Crippen molar-refractivity contribution >= 4 is 11.9 Å². The first-order chi connectivity index (χ1) is 33.0. The summed E-state index contributed by atoms with van der Waals surface area (Å²) in [5.74, 6) is -0.0939. The summed E-state index contributed by atoms with van der Waals surface area (Å²) in [5.41, 5.74) is 0. The van der Waals surface area contributed by atoms with Gasteiger partial charge in [-0.05, 0) is 57.8 Å². The van der Waals surface area contributed by atoms with E-state index in [1.165, 1.54) is 244 Å². The van der Waals surface area contributed by atoms with Crippen LogP contribution >= 0.6 is 0 Å². The van der Waals surface area contributed by atoms with Gasteiger partial charge in [-0.1, -0.05) is 282 Å². The molecular formula is C61H117NO5. The van der Waals surface area contributed by atoms with E-state index in [0.717, 1.165) is 57.8 Å². The minimum absolute atomic E-state index is 0.0130. The zero-order valence-corrected chi connectivity index (χ0v) is 45.1. The maximum atomic E-state index is 12.5. The standard InChI is InChI=1S/C61H117NO5/c1-3-5-7-9-11-13-15-17-19-21-23-24-25-27-29-33-37-41-45-49-53-59(64)58(57-63)62-60(65)54-50-46-42-38-34-31-32-36-40-44-48-52-56-67-61(66)55-51-47-43-39-35-30-28-26-22-20-18-16-14-12-10-8-6-4-2/h20,22,49,53,58-59,63-64H,3-19,21,23-48,50-52,54-57H2,1-2H3,(H,62,65)/b22-20-,53-49+. The molecule has 0 aliphatic rings. The molecule has 0 rings (SSSR count). The van der Waals surface area contributed by atoms with Gasteiger partial charge in [0.2, 0.25) is 5.91 Å². The summed E-state index contributed by atoms with van der Waals surface area (Å²) < 4.78 is 5.48. The number of aliphatic hydroxyl groups is 2. The van der Waals surface area contributed by atoms with Crippen molar-refractivity contribution in [3.05, 3.63) is 24.3 Å². The van der Waals surface area contributed by atoms with Gasteiger partial charge < -0.3 is 20.3 Å². The van der Waals surface area contributed by atoms with Crippen LogP contribution in [0.4, 0.5) is 0 Å². The van der Waals surface area contributed by atoms with Crippen LogP contribution in [-0.2, 0) is 14.3 Å². The van der Waals surface area contributed by atoms with E-state index < -0.39 is 12.1 Å². The SMILES string of the molecule is CCCCCCCCC/C=C\CCCCCCCCCC(=O)OCCCCCCCCCCCCCCC(=O)NC(CO)C(O)/C=C/CCCCCCCCCCCCCCCCCCCC. The first-order valence-electron chi connectivity index (χ1n) is 30.1. The van der Waals surface area contributed by atoms with E-state index in [0.29, 0.717) is 19.4 Å². The van der Waals surface area contributed by atoms with Crippen LogP contribution in [-0.4, -0.2) is 47.4 Å². The van der Waals surface area contributed by atoms with E-state index >= 15 is 0 Å². The summed E-state index contributed by atoms with van der Waals surface area (Å²) >= 11 is 0. The Hall–Kier alpha value is -1.66. The van der Waals surface area contributed by atoms with Gasteiger partial charge in [0, 0.05) is 12.8 Å². The van der Waals surface area contributed by atoms with Crippen molar-refractivity contribution in [1.29, 1.82) is 0 Å². The topological polar surface area (TPSA) is 95.9 Å². The second kappa shape index (κ2) is 56.9. The molecule has 2 unspecified atom stereocenters. The monoisotopic (exact) mass is 944 g/mol. The highest BCUT2D eigenvalue weighted by atomic mass is 16.5. The molecule has 67 heavy (non-hydrogen) atoms. The Bertz CT molecular complexity index is 1040. The van der Waals surface area contributed by atoms with Gasteiger partial charge in [0.25, 0.3) is 0 Å². The third kappa shape index (κ3) is 53.5. The molecule has 0 radical (unpaired) electrons. The van der Waals surface area contributed by atoms with Gasteiger partial charge in [-0.3, -0.25) is 9.59 Å². The molecule has 0 fully saturated rings. The Kier molecular flexibility index (Phi) is 55.5. The maximum absolute atomic E-state index is 12.5. The van der Waals surface area contributed by atoms with Gasteiger partial charge >= 0.3 is 5.97 Å². The Balaban J connectivity index is 3.48. The van der Waals surface area contributed by atoms with Crippen molar-refractivity contribution in [3.63, 3.8) is 0 Å². The van der Waals surface area contributed by atoms with Crippen LogP contribution in [0.25, 0.3) is 0 Å². The van der Waals surface area contributed by atoms with Crippen LogP contribution in [0.1, 0.15) is 328 Å². The van der Waals surface area contributed by atoms with Crippen molar-refractivity contribution in [2.75, 3.05) is 13.2 Å². The van der Waals surface area contributed by atoms with Gasteiger partial charge in [-0.15, -0.1) is 0 Å². The van der Waals surface area contributed by atoms with Crippen LogP contribution in [0.15, 0.2) is 24.3 Å². The number of hydrogen-bond donors (Lipinski definition) is 3. The van der Waals surface area contributed by atoms with Crippen molar-refractivity contribution in [2.24, 2.45) is 0 Å². The Morgan fingerprint density at radius 2 is 0.701 bits per heavy atom. The Labute approximate surface area is 418 Å². The summed E-state index contributed by atoms with van der Waals surface area (Å²) in [5, 5.41) is 23.2. The van der Waals surface area contributed by atoms with Crippen LogP contribution < -0.4 is 5.32 Å². The minimum Gasteiger partial charge on any atom is -0.466 e. The van der Waals surface area contributed by atoms with E-state index in [2.05, 4.69) is 31.3 Å².